The van der Waals surface area contributed by atoms with Gasteiger partial charge in [-0.3, -0.25) is 14.6 Å². The van der Waals surface area contributed by atoms with Crippen molar-refractivity contribution < 1.29 is 9.90 Å². The molecule has 43 heavy (non-hydrogen) atoms. The van der Waals surface area contributed by atoms with Crippen molar-refractivity contribution in [2.75, 3.05) is 47.8 Å². The van der Waals surface area contributed by atoms with Crippen LogP contribution in [0.15, 0.2) is 53.8 Å². The van der Waals surface area contributed by atoms with Crippen molar-refractivity contribution in [1.82, 2.24) is 24.4 Å². The molecule has 7 rings (SSSR count). The smallest absolute Gasteiger partial charge is 0.275 e. The van der Waals surface area contributed by atoms with E-state index in [4.69, 9.17) is 0 Å². The Bertz CT molecular complexity index is 1740. The highest BCUT2D eigenvalue weighted by Gasteiger charge is 2.32. The van der Waals surface area contributed by atoms with E-state index < -0.39 is 0 Å². The molecular weight excluding hydrogens is 544 g/mol. The zero-order chi connectivity index (χ0) is 29.5. The van der Waals surface area contributed by atoms with Crippen molar-refractivity contribution in [2.24, 2.45) is 7.05 Å². The number of fused-ring (bicyclic) bond motifs is 3. The maximum absolute atomic E-state index is 13.8. The van der Waals surface area contributed by atoms with Crippen LogP contribution in [0.3, 0.4) is 0 Å². The highest BCUT2D eigenvalue weighted by Crippen LogP contribution is 2.35. The van der Waals surface area contributed by atoms with E-state index in [1.807, 2.05) is 24.4 Å². The van der Waals surface area contributed by atoms with Gasteiger partial charge in [0, 0.05) is 81.1 Å². The first-order chi connectivity index (χ1) is 21.0. The van der Waals surface area contributed by atoms with Crippen LogP contribution in [-0.2, 0) is 33.0 Å². The predicted octanol–water partition coefficient (Wildman–Crippen LogP) is 2.83. The Hall–Kier alpha value is -4.48. The summed E-state index contributed by atoms with van der Waals surface area (Å²) in [5.41, 5.74) is 7.01. The highest BCUT2D eigenvalue weighted by atomic mass is 16.3. The molecule has 1 amide bonds. The van der Waals surface area contributed by atoms with Gasteiger partial charge < -0.3 is 34.7 Å². The third-order valence-corrected chi connectivity index (χ3v) is 8.89. The Kier molecular flexibility index (Phi) is 7.20. The number of piperazine rings is 1. The summed E-state index contributed by atoms with van der Waals surface area (Å²) >= 11 is 0. The number of carbonyl (C=O) groups is 1. The van der Waals surface area contributed by atoms with E-state index in [9.17, 15) is 14.7 Å². The molecule has 0 aromatic carbocycles. The monoisotopic (exact) mass is 580 g/mol. The van der Waals surface area contributed by atoms with E-state index in [0.717, 1.165) is 57.5 Å². The molecule has 222 valence electrons. The molecule has 1 fully saturated rings. The lowest BCUT2D eigenvalue weighted by molar-refractivity contribution is 0.0964. The number of nitrogens with zero attached hydrogens (tertiary/aromatic N) is 6. The van der Waals surface area contributed by atoms with Gasteiger partial charge in [-0.1, -0.05) is 0 Å². The Labute approximate surface area is 249 Å². The van der Waals surface area contributed by atoms with E-state index in [0.29, 0.717) is 52.7 Å². The normalized spacial score (nSPS) is 16.7. The largest absolute Gasteiger partial charge is 0.392 e. The Morgan fingerprint density at radius 2 is 1.84 bits per heavy atom. The van der Waals surface area contributed by atoms with Gasteiger partial charge in [0.05, 0.1) is 30.4 Å². The number of aliphatic hydroxyl groups excluding tert-OH is 1. The summed E-state index contributed by atoms with van der Waals surface area (Å²) in [4.78, 5) is 39.9. The molecular formula is C32H36N8O3. The number of nitrogens with one attached hydrogen (secondary N) is 2. The molecule has 3 N–H and O–H groups in total. The molecule has 0 spiro atoms. The molecule has 0 atom stereocenters. The van der Waals surface area contributed by atoms with E-state index in [2.05, 4.69) is 30.1 Å². The molecule has 6 heterocycles. The first-order valence-electron chi connectivity index (χ1n) is 15.0. The molecule has 0 radical (unpaired) electrons. The maximum Gasteiger partial charge on any atom is 0.275 e. The van der Waals surface area contributed by atoms with E-state index >= 15 is 0 Å². The topological polar surface area (TPSA) is 121 Å². The number of rotatable bonds is 6. The average Bonchev–Trinajstić information content (AvgIpc) is 3.43. The van der Waals surface area contributed by atoms with Crippen LogP contribution in [0.2, 0.25) is 0 Å². The minimum atomic E-state index is -0.283. The number of hydrogen-bond acceptors (Lipinski definition) is 8. The summed E-state index contributed by atoms with van der Waals surface area (Å²) < 4.78 is 3.68. The molecule has 1 saturated heterocycles. The molecule has 1 aliphatic carbocycles. The molecule has 0 saturated carbocycles. The highest BCUT2D eigenvalue weighted by molar-refractivity contribution is 6.07. The van der Waals surface area contributed by atoms with Crippen LogP contribution >= 0.6 is 0 Å². The van der Waals surface area contributed by atoms with Crippen LogP contribution in [0.5, 0.6) is 0 Å². The third-order valence-electron chi connectivity index (χ3n) is 8.89. The second-order valence-electron chi connectivity index (χ2n) is 11.5. The van der Waals surface area contributed by atoms with Crippen LogP contribution in [0.1, 0.15) is 40.2 Å². The summed E-state index contributed by atoms with van der Waals surface area (Å²) in [7, 11) is 1.69. The fourth-order valence-corrected chi connectivity index (χ4v) is 6.65. The van der Waals surface area contributed by atoms with Crippen molar-refractivity contribution in [3.8, 4) is 11.1 Å². The number of aromatic nitrogens is 4. The van der Waals surface area contributed by atoms with E-state index in [-0.39, 0.29) is 18.1 Å². The Morgan fingerprint density at radius 3 is 2.63 bits per heavy atom. The summed E-state index contributed by atoms with van der Waals surface area (Å²) in [5, 5.41) is 17.1. The van der Waals surface area contributed by atoms with Gasteiger partial charge in [0.25, 0.3) is 11.5 Å². The molecule has 4 aromatic heterocycles. The standard InChI is InChI=1S/C32H36N8O3/c1-37-19-22(14-26(31(37)42)36-30-7-6-23(16-35-30)38-10-8-33-9-11-38)24-17-34-18-29(25(24)20-41)40-13-12-39-27-5-3-2-4-21(27)15-28(39)32(40)43/h6-7,14-19,33,41H,2-5,8-13,20H2,1H3,(H,35,36). The quantitative estimate of drug-likeness (QED) is 0.319. The van der Waals surface area contributed by atoms with Gasteiger partial charge in [-0.25, -0.2) is 4.98 Å². The second-order valence-corrected chi connectivity index (χ2v) is 11.5. The fourth-order valence-electron chi connectivity index (χ4n) is 6.65. The predicted molar refractivity (Wildman–Crippen MR) is 166 cm³/mol. The molecule has 2 aliphatic heterocycles. The molecule has 4 aromatic rings. The second kappa shape index (κ2) is 11.3. The van der Waals surface area contributed by atoms with Gasteiger partial charge in [0.2, 0.25) is 0 Å². The number of aliphatic hydroxyl groups is 1. The minimum absolute atomic E-state index is 0.0764. The first-order valence-corrected chi connectivity index (χ1v) is 15.0. The van der Waals surface area contributed by atoms with E-state index in [1.54, 1.807) is 36.6 Å². The maximum atomic E-state index is 13.8. The lowest BCUT2D eigenvalue weighted by Gasteiger charge is -2.31. The van der Waals surface area contributed by atoms with Gasteiger partial charge in [-0.05, 0) is 55.5 Å². The lowest BCUT2D eigenvalue weighted by Crippen LogP contribution is -2.43. The number of aryl methyl sites for hydroxylation is 2. The van der Waals surface area contributed by atoms with Crippen LogP contribution in [-0.4, -0.2) is 62.8 Å². The number of pyridine rings is 3. The molecule has 3 aliphatic rings. The number of hydrogen-bond donors (Lipinski definition) is 3. The van der Waals surface area contributed by atoms with Crippen molar-refractivity contribution >= 4 is 28.8 Å². The van der Waals surface area contributed by atoms with Gasteiger partial charge in [0.1, 0.15) is 17.2 Å². The van der Waals surface area contributed by atoms with Crippen LogP contribution in [0.25, 0.3) is 11.1 Å². The SMILES string of the molecule is Cn1cc(-c2cncc(N3CCn4c(cc5c4CCCC5)C3=O)c2CO)cc(Nc2ccc(N3CCNCC3)cn2)c1=O. The van der Waals surface area contributed by atoms with E-state index in [1.165, 1.54) is 15.8 Å². The summed E-state index contributed by atoms with van der Waals surface area (Å²) in [5.74, 6) is 0.486. The van der Waals surface area contributed by atoms with Crippen LogP contribution in [0, 0.1) is 0 Å². The molecule has 11 heteroatoms. The van der Waals surface area contributed by atoms with Crippen molar-refractivity contribution in [3.05, 3.63) is 81.9 Å². The van der Waals surface area contributed by atoms with Gasteiger partial charge in [-0.2, -0.15) is 0 Å². The van der Waals surface area contributed by atoms with Gasteiger partial charge in [-0.15, -0.1) is 0 Å². The van der Waals surface area contributed by atoms with Gasteiger partial charge in [0.15, 0.2) is 0 Å². The summed E-state index contributed by atoms with van der Waals surface area (Å²) in [6.07, 6.45) is 11.2. The molecule has 0 bridgehead atoms. The summed E-state index contributed by atoms with van der Waals surface area (Å²) in [6.45, 7) is 4.66. The fraction of sp³-hybridized carbons (Fsp3) is 0.375. The zero-order valence-electron chi connectivity index (χ0n) is 24.3. The number of anilines is 4. The lowest BCUT2D eigenvalue weighted by atomic mass is 9.98. The van der Waals surface area contributed by atoms with Gasteiger partial charge >= 0.3 is 0 Å². The van der Waals surface area contributed by atoms with Crippen molar-refractivity contribution in [3.63, 3.8) is 0 Å². The first kappa shape index (κ1) is 27.4. The van der Waals surface area contributed by atoms with Crippen molar-refractivity contribution in [1.29, 1.82) is 0 Å². The average molecular weight is 581 g/mol. The third kappa shape index (κ3) is 4.98. The van der Waals surface area contributed by atoms with Crippen LogP contribution in [0.4, 0.5) is 22.9 Å². The molecule has 0 unspecified atom stereocenters. The molecule has 11 nitrogen and oxygen atoms in total. The Morgan fingerprint density at radius 1 is 1.00 bits per heavy atom. The van der Waals surface area contributed by atoms with Crippen LogP contribution < -0.4 is 26.0 Å². The number of carbonyl (C=O) groups excluding carboxylic acids is 1. The number of amides is 1. The zero-order valence-corrected chi connectivity index (χ0v) is 24.3. The minimum Gasteiger partial charge on any atom is -0.392 e. The summed E-state index contributed by atoms with van der Waals surface area (Å²) in [6, 6.07) is 7.69. The Balaban J connectivity index is 1.19. The van der Waals surface area contributed by atoms with Crippen molar-refractivity contribution in [2.45, 2.75) is 38.8 Å².